The van der Waals surface area contributed by atoms with Crippen molar-refractivity contribution in [3.8, 4) is 0 Å². The minimum atomic E-state index is 0.448. The molecule has 4 heteroatoms. The van der Waals surface area contributed by atoms with Crippen molar-refractivity contribution in [3.63, 3.8) is 0 Å². The number of nitrogens with one attached hydrogen (secondary N) is 1. The number of hydrogen-bond donors (Lipinski definition) is 1. The molecule has 2 rings (SSSR count). The largest absolute Gasteiger partial charge is 0.380 e. The van der Waals surface area contributed by atoms with Crippen LogP contribution in [0.15, 0.2) is 0 Å². The van der Waals surface area contributed by atoms with Gasteiger partial charge in [0.25, 0.3) is 0 Å². The van der Waals surface area contributed by atoms with Crippen LogP contribution in [-0.4, -0.2) is 63.5 Å². The van der Waals surface area contributed by atoms with Crippen molar-refractivity contribution in [1.82, 2.24) is 10.2 Å². The first-order chi connectivity index (χ1) is 7.88. The lowest BCUT2D eigenvalue weighted by Gasteiger charge is -2.33. The fraction of sp³-hybridized carbons (Fsp3) is 1.00. The molecule has 0 saturated carbocycles. The third-order valence-corrected chi connectivity index (χ3v) is 3.59. The Morgan fingerprint density at radius 3 is 3.19 bits per heavy atom. The Morgan fingerprint density at radius 2 is 2.44 bits per heavy atom. The maximum atomic E-state index is 5.46. The standard InChI is InChI=1S/C12H24N2O2/c1-15-12-3-2-6-14(9-12)7-4-11-10-16-8-5-13-11/h11-13H,2-10H2,1H3. The van der Waals surface area contributed by atoms with Gasteiger partial charge in [0.2, 0.25) is 0 Å². The van der Waals surface area contributed by atoms with Gasteiger partial charge in [0.1, 0.15) is 0 Å². The summed E-state index contributed by atoms with van der Waals surface area (Å²) in [6.07, 6.45) is 4.13. The van der Waals surface area contributed by atoms with Crippen LogP contribution in [0.25, 0.3) is 0 Å². The van der Waals surface area contributed by atoms with Gasteiger partial charge >= 0.3 is 0 Å². The lowest BCUT2D eigenvalue weighted by Crippen LogP contribution is -2.45. The van der Waals surface area contributed by atoms with E-state index in [1.54, 1.807) is 0 Å². The summed E-state index contributed by atoms with van der Waals surface area (Å²) in [4.78, 5) is 2.52. The van der Waals surface area contributed by atoms with Crippen molar-refractivity contribution in [1.29, 1.82) is 0 Å². The molecule has 0 aromatic heterocycles. The minimum Gasteiger partial charge on any atom is -0.380 e. The SMILES string of the molecule is COC1CCCN(CCC2COCCN2)C1. The molecular weight excluding hydrogens is 204 g/mol. The number of methoxy groups -OCH3 is 1. The molecule has 0 radical (unpaired) electrons. The molecule has 16 heavy (non-hydrogen) atoms. The summed E-state index contributed by atoms with van der Waals surface area (Å²) in [5.41, 5.74) is 0. The highest BCUT2D eigenvalue weighted by atomic mass is 16.5. The summed E-state index contributed by atoms with van der Waals surface area (Å²) in [7, 11) is 1.82. The van der Waals surface area contributed by atoms with E-state index in [1.165, 1.54) is 32.4 Å². The second-order valence-corrected chi connectivity index (χ2v) is 4.82. The molecular formula is C12H24N2O2. The Labute approximate surface area is 98.3 Å². The number of ether oxygens (including phenoxy) is 2. The molecule has 0 aromatic rings. The first-order valence-corrected chi connectivity index (χ1v) is 6.45. The number of rotatable bonds is 4. The van der Waals surface area contributed by atoms with E-state index >= 15 is 0 Å². The second kappa shape index (κ2) is 6.55. The predicted octanol–water partition coefficient (Wildman–Crippen LogP) is 0.476. The summed E-state index contributed by atoms with van der Waals surface area (Å²) >= 11 is 0. The Bertz CT molecular complexity index is 195. The van der Waals surface area contributed by atoms with Crippen molar-refractivity contribution < 1.29 is 9.47 Å². The van der Waals surface area contributed by atoms with E-state index in [0.29, 0.717) is 12.1 Å². The average Bonchev–Trinajstić information content (AvgIpc) is 2.38. The van der Waals surface area contributed by atoms with Crippen LogP contribution in [0.1, 0.15) is 19.3 Å². The van der Waals surface area contributed by atoms with Crippen LogP contribution in [0, 0.1) is 0 Å². The van der Waals surface area contributed by atoms with E-state index < -0.39 is 0 Å². The highest BCUT2D eigenvalue weighted by molar-refractivity contribution is 4.76. The van der Waals surface area contributed by atoms with E-state index in [4.69, 9.17) is 9.47 Å². The van der Waals surface area contributed by atoms with Gasteiger partial charge in [0, 0.05) is 26.2 Å². The molecule has 0 aliphatic carbocycles. The van der Waals surface area contributed by atoms with Gasteiger partial charge in [-0.3, -0.25) is 0 Å². The van der Waals surface area contributed by atoms with Crippen LogP contribution >= 0.6 is 0 Å². The van der Waals surface area contributed by atoms with Crippen molar-refractivity contribution in [2.45, 2.75) is 31.4 Å². The zero-order valence-corrected chi connectivity index (χ0v) is 10.3. The fourth-order valence-electron chi connectivity index (χ4n) is 2.55. The van der Waals surface area contributed by atoms with Crippen LogP contribution in [0.3, 0.4) is 0 Å². The quantitative estimate of drug-likeness (QED) is 0.758. The predicted molar refractivity (Wildman–Crippen MR) is 63.7 cm³/mol. The zero-order valence-electron chi connectivity index (χ0n) is 10.3. The van der Waals surface area contributed by atoms with Crippen LogP contribution in [0.4, 0.5) is 0 Å². The van der Waals surface area contributed by atoms with E-state index in [2.05, 4.69) is 10.2 Å². The normalized spacial score (nSPS) is 32.8. The summed E-state index contributed by atoms with van der Waals surface area (Å²) in [5, 5.41) is 3.50. The molecule has 0 bridgehead atoms. The Morgan fingerprint density at radius 1 is 1.50 bits per heavy atom. The van der Waals surface area contributed by atoms with Gasteiger partial charge in [-0.15, -0.1) is 0 Å². The highest BCUT2D eigenvalue weighted by Gasteiger charge is 2.20. The molecule has 2 unspecified atom stereocenters. The first-order valence-electron chi connectivity index (χ1n) is 6.45. The third-order valence-electron chi connectivity index (χ3n) is 3.59. The number of nitrogens with zero attached hydrogens (tertiary/aromatic N) is 1. The lowest BCUT2D eigenvalue weighted by atomic mass is 10.1. The molecule has 0 spiro atoms. The molecule has 2 saturated heterocycles. The first kappa shape index (κ1) is 12.3. The number of hydrogen-bond acceptors (Lipinski definition) is 4. The van der Waals surface area contributed by atoms with Crippen molar-refractivity contribution >= 4 is 0 Å². The number of piperidine rings is 1. The van der Waals surface area contributed by atoms with Gasteiger partial charge < -0.3 is 19.7 Å². The average molecular weight is 228 g/mol. The smallest absolute Gasteiger partial charge is 0.0698 e. The van der Waals surface area contributed by atoms with E-state index in [9.17, 15) is 0 Å². The molecule has 2 fully saturated rings. The minimum absolute atomic E-state index is 0.448. The Kier molecular flexibility index (Phi) is 5.03. The molecule has 0 aromatic carbocycles. The van der Waals surface area contributed by atoms with E-state index in [-0.39, 0.29) is 0 Å². The molecule has 2 atom stereocenters. The van der Waals surface area contributed by atoms with Crippen LogP contribution in [0.2, 0.25) is 0 Å². The lowest BCUT2D eigenvalue weighted by molar-refractivity contribution is 0.0251. The summed E-state index contributed by atoms with van der Waals surface area (Å²) < 4.78 is 10.9. The summed E-state index contributed by atoms with van der Waals surface area (Å²) in [6.45, 7) is 6.25. The zero-order chi connectivity index (χ0) is 11.2. The van der Waals surface area contributed by atoms with Gasteiger partial charge in [-0.25, -0.2) is 0 Å². The molecule has 1 N–H and O–H groups in total. The number of likely N-dealkylation sites (tertiary alicyclic amines) is 1. The molecule has 2 heterocycles. The van der Waals surface area contributed by atoms with E-state index in [1.807, 2.05) is 7.11 Å². The van der Waals surface area contributed by atoms with Crippen LogP contribution < -0.4 is 5.32 Å². The topological polar surface area (TPSA) is 33.7 Å². The van der Waals surface area contributed by atoms with Gasteiger partial charge in [0.15, 0.2) is 0 Å². The van der Waals surface area contributed by atoms with E-state index in [0.717, 1.165) is 26.3 Å². The van der Waals surface area contributed by atoms with Crippen molar-refractivity contribution in [2.75, 3.05) is 46.5 Å². The molecule has 4 nitrogen and oxygen atoms in total. The molecule has 2 aliphatic heterocycles. The maximum Gasteiger partial charge on any atom is 0.0698 e. The molecule has 94 valence electrons. The monoisotopic (exact) mass is 228 g/mol. The van der Waals surface area contributed by atoms with Gasteiger partial charge in [-0.2, -0.15) is 0 Å². The van der Waals surface area contributed by atoms with Gasteiger partial charge in [-0.05, 0) is 32.4 Å². The maximum absolute atomic E-state index is 5.46. The fourth-order valence-corrected chi connectivity index (χ4v) is 2.55. The highest BCUT2D eigenvalue weighted by Crippen LogP contribution is 2.13. The number of morpholine rings is 1. The Balaban J connectivity index is 1.64. The third kappa shape index (κ3) is 3.70. The summed E-state index contributed by atoms with van der Waals surface area (Å²) in [6, 6.07) is 0.552. The Hall–Kier alpha value is -0.160. The van der Waals surface area contributed by atoms with Crippen LogP contribution in [0.5, 0.6) is 0 Å². The van der Waals surface area contributed by atoms with Gasteiger partial charge in [-0.1, -0.05) is 0 Å². The van der Waals surface area contributed by atoms with Crippen molar-refractivity contribution in [3.05, 3.63) is 0 Å². The van der Waals surface area contributed by atoms with Gasteiger partial charge in [0.05, 0.1) is 19.3 Å². The van der Waals surface area contributed by atoms with Crippen LogP contribution in [-0.2, 0) is 9.47 Å². The summed E-state index contributed by atoms with van der Waals surface area (Å²) in [5.74, 6) is 0. The molecule has 0 amide bonds. The second-order valence-electron chi connectivity index (χ2n) is 4.82. The van der Waals surface area contributed by atoms with Crippen molar-refractivity contribution in [2.24, 2.45) is 0 Å². The molecule has 2 aliphatic rings.